The van der Waals surface area contributed by atoms with Crippen LogP contribution in [-0.2, 0) is 12.8 Å². The summed E-state index contributed by atoms with van der Waals surface area (Å²) >= 11 is 0. The molecule has 2 nitrogen and oxygen atoms in total. The molecule has 0 spiro atoms. The number of fused-ring (bicyclic) bond motifs is 6. The van der Waals surface area contributed by atoms with Gasteiger partial charge in [0.2, 0.25) is 0 Å². The van der Waals surface area contributed by atoms with E-state index in [4.69, 9.17) is 0 Å². The predicted octanol–water partition coefficient (Wildman–Crippen LogP) is 5.45. The number of piperidine rings is 2. The minimum atomic E-state index is -0.0777. The first kappa shape index (κ1) is 18.8. The van der Waals surface area contributed by atoms with Crippen molar-refractivity contribution in [3.05, 3.63) is 64.2 Å². The van der Waals surface area contributed by atoms with Crippen LogP contribution in [0.3, 0.4) is 0 Å². The Morgan fingerprint density at radius 1 is 0.833 bits per heavy atom. The molecular formula is C26H30F2N2. The molecule has 4 aliphatic rings. The molecule has 2 aliphatic carbocycles. The first-order chi connectivity index (χ1) is 14.7. The normalized spacial score (nSPS) is 30.1. The van der Waals surface area contributed by atoms with Crippen LogP contribution >= 0.6 is 0 Å². The minimum Gasteiger partial charge on any atom is -0.366 e. The zero-order chi connectivity index (χ0) is 20.2. The summed E-state index contributed by atoms with van der Waals surface area (Å²) in [5.41, 5.74) is 4.98. The van der Waals surface area contributed by atoms with Crippen molar-refractivity contribution in [3.63, 3.8) is 0 Å². The van der Waals surface area contributed by atoms with Gasteiger partial charge >= 0.3 is 0 Å². The number of hydrogen-bond acceptors (Lipinski definition) is 2. The third-order valence-corrected chi connectivity index (χ3v) is 8.24. The Bertz CT molecular complexity index is 972. The fourth-order valence-corrected chi connectivity index (χ4v) is 6.94. The Labute approximate surface area is 177 Å². The van der Waals surface area contributed by atoms with Crippen LogP contribution in [0.15, 0.2) is 30.3 Å². The third-order valence-electron chi connectivity index (χ3n) is 8.24. The van der Waals surface area contributed by atoms with Gasteiger partial charge in [-0.05, 0) is 92.3 Å². The molecule has 1 N–H and O–H groups in total. The predicted molar refractivity (Wildman–Crippen MR) is 116 cm³/mol. The van der Waals surface area contributed by atoms with Crippen LogP contribution in [0.4, 0.5) is 14.5 Å². The molecular weight excluding hydrogens is 378 g/mol. The molecule has 2 aromatic carbocycles. The summed E-state index contributed by atoms with van der Waals surface area (Å²) in [6.45, 7) is 1.92. The lowest BCUT2D eigenvalue weighted by Crippen LogP contribution is -2.47. The molecule has 3 unspecified atom stereocenters. The first-order valence-electron chi connectivity index (χ1n) is 11.8. The quantitative estimate of drug-likeness (QED) is 0.675. The summed E-state index contributed by atoms with van der Waals surface area (Å²) in [5.74, 6) is 0.396. The van der Waals surface area contributed by atoms with Crippen molar-refractivity contribution >= 4 is 5.69 Å². The molecule has 2 fully saturated rings. The Morgan fingerprint density at radius 3 is 2.60 bits per heavy atom. The maximum Gasteiger partial charge on any atom is 0.150 e. The van der Waals surface area contributed by atoms with Crippen molar-refractivity contribution in [1.29, 1.82) is 0 Å². The fraction of sp³-hybridized carbons (Fsp3) is 0.538. The highest BCUT2D eigenvalue weighted by Gasteiger charge is 2.40. The topological polar surface area (TPSA) is 15.3 Å². The molecule has 4 atom stereocenters. The highest BCUT2D eigenvalue weighted by Crippen LogP contribution is 2.46. The first-order valence-corrected chi connectivity index (χ1v) is 11.8. The zero-order valence-electron chi connectivity index (χ0n) is 17.5. The SMILES string of the molecule is Fc1cccc2c1C1CCCN(c3ccc4c(c3F)C3CCCNC3CC4)[C@H]1CC2. The van der Waals surface area contributed by atoms with Crippen molar-refractivity contribution in [2.75, 3.05) is 18.0 Å². The standard InChI is InChI=1S/C26H30F2N2/c27-20-7-1-4-16-9-12-22-19(24(16)20)6-3-15-30(22)23-13-10-17-8-11-21-18(5-2-14-29-21)25(17)26(23)28/h1,4,7,10,13,18-19,21-22,29H,2-3,5-6,8-9,11-12,14-15H2/t18?,19?,21?,22-/m0/s1. The van der Waals surface area contributed by atoms with Gasteiger partial charge in [0.05, 0.1) is 5.69 Å². The van der Waals surface area contributed by atoms with Gasteiger partial charge in [-0.3, -0.25) is 0 Å². The van der Waals surface area contributed by atoms with Crippen LogP contribution in [-0.4, -0.2) is 25.2 Å². The monoisotopic (exact) mass is 408 g/mol. The van der Waals surface area contributed by atoms with Crippen LogP contribution in [0.25, 0.3) is 0 Å². The van der Waals surface area contributed by atoms with E-state index in [1.54, 1.807) is 6.07 Å². The molecule has 2 saturated heterocycles. The van der Waals surface area contributed by atoms with E-state index in [2.05, 4.69) is 22.3 Å². The van der Waals surface area contributed by atoms with E-state index in [1.165, 1.54) is 5.56 Å². The van der Waals surface area contributed by atoms with Gasteiger partial charge < -0.3 is 10.2 Å². The lowest BCUT2D eigenvalue weighted by Gasteiger charge is -2.47. The van der Waals surface area contributed by atoms with Crippen LogP contribution in [0.5, 0.6) is 0 Å². The molecule has 2 aromatic rings. The van der Waals surface area contributed by atoms with Crippen molar-refractivity contribution < 1.29 is 8.78 Å². The van der Waals surface area contributed by atoms with Crippen molar-refractivity contribution in [1.82, 2.24) is 5.32 Å². The molecule has 0 bridgehead atoms. The van der Waals surface area contributed by atoms with E-state index in [1.807, 2.05) is 12.1 Å². The maximum atomic E-state index is 16.1. The number of benzene rings is 2. The summed E-state index contributed by atoms with van der Waals surface area (Å²) in [6, 6.07) is 10.3. The third kappa shape index (κ3) is 2.83. The maximum absolute atomic E-state index is 16.1. The number of rotatable bonds is 1. The van der Waals surface area contributed by atoms with Crippen LogP contribution in [0, 0.1) is 11.6 Å². The summed E-state index contributed by atoms with van der Waals surface area (Å²) in [7, 11) is 0. The molecule has 0 saturated carbocycles. The highest BCUT2D eigenvalue weighted by molar-refractivity contribution is 5.57. The molecule has 4 heteroatoms. The van der Waals surface area contributed by atoms with Gasteiger partial charge in [0.1, 0.15) is 11.6 Å². The van der Waals surface area contributed by atoms with Crippen molar-refractivity contribution in [3.8, 4) is 0 Å². The van der Waals surface area contributed by atoms with Gasteiger partial charge in [0.15, 0.2) is 0 Å². The number of nitrogens with zero attached hydrogens (tertiary/aromatic N) is 1. The van der Waals surface area contributed by atoms with Crippen LogP contribution in [0.2, 0.25) is 0 Å². The molecule has 158 valence electrons. The number of nitrogens with one attached hydrogen (secondary N) is 1. The van der Waals surface area contributed by atoms with E-state index >= 15 is 4.39 Å². The largest absolute Gasteiger partial charge is 0.366 e. The highest BCUT2D eigenvalue weighted by atomic mass is 19.1. The molecule has 6 rings (SSSR count). The van der Waals surface area contributed by atoms with Gasteiger partial charge in [-0.2, -0.15) is 0 Å². The van der Waals surface area contributed by atoms with E-state index in [0.717, 1.165) is 86.8 Å². The average molecular weight is 409 g/mol. The second kappa shape index (κ2) is 7.33. The van der Waals surface area contributed by atoms with Crippen LogP contribution < -0.4 is 10.2 Å². The van der Waals surface area contributed by atoms with Gasteiger partial charge in [0, 0.05) is 30.5 Å². The minimum absolute atomic E-state index is 0.00544. The summed E-state index contributed by atoms with van der Waals surface area (Å²) in [6.07, 6.45) is 8.11. The smallest absolute Gasteiger partial charge is 0.150 e. The van der Waals surface area contributed by atoms with Crippen molar-refractivity contribution in [2.24, 2.45) is 0 Å². The molecule has 0 radical (unpaired) electrons. The van der Waals surface area contributed by atoms with E-state index in [-0.39, 0.29) is 23.6 Å². The van der Waals surface area contributed by atoms with Gasteiger partial charge in [-0.15, -0.1) is 0 Å². The fourth-order valence-electron chi connectivity index (χ4n) is 6.94. The Morgan fingerprint density at radius 2 is 1.67 bits per heavy atom. The van der Waals surface area contributed by atoms with E-state index in [0.29, 0.717) is 12.0 Å². The second-order valence-electron chi connectivity index (χ2n) is 9.68. The summed E-state index contributed by atoms with van der Waals surface area (Å²) in [4.78, 5) is 2.29. The number of anilines is 1. The number of halogens is 2. The molecule has 0 amide bonds. The van der Waals surface area contributed by atoms with Crippen molar-refractivity contribution in [2.45, 2.75) is 75.3 Å². The summed E-state index contributed by atoms with van der Waals surface area (Å²) in [5, 5.41) is 3.63. The summed E-state index contributed by atoms with van der Waals surface area (Å²) < 4.78 is 30.9. The Balaban J connectivity index is 1.39. The van der Waals surface area contributed by atoms with E-state index < -0.39 is 0 Å². The molecule has 30 heavy (non-hydrogen) atoms. The Kier molecular flexibility index (Phi) is 4.60. The van der Waals surface area contributed by atoms with Gasteiger partial charge in [-0.25, -0.2) is 8.78 Å². The lowest BCUT2D eigenvalue weighted by atomic mass is 9.73. The van der Waals surface area contributed by atoms with Crippen LogP contribution in [0.1, 0.15) is 72.6 Å². The Hall–Kier alpha value is -1.94. The zero-order valence-corrected chi connectivity index (χ0v) is 17.5. The number of hydrogen-bond donors (Lipinski definition) is 1. The second-order valence-corrected chi connectivity index (χ2v) is 9.68. The van der Waals surface area contributed by atoms with E-state index in [9.17, 15) is 4.39 Å². The average Bonchev–Trinajstić information content (AvgIpc) is 2.78. The lowest BCUT2D eigenvalue weighted by molar-refractivity contribution is 0.310. The molecule has 2 aliphatic heterocycles. The molecule has 0 aromatic heterocycles. The van der Waals surface area contributed by atoms with Gasteiger partial charge in [0.25, 0.3) is 0 Å². The van der Waals surface area contributed by atoms with Gasteiger partial charge in [-0.1, -0.05) is 18.2 Å². The molecule has 2 heterocycles. The number of aryl methyl sites for hydroxylation is 2.